The molecular weight excluding hydrogens is 406 g/mol. The number of amides is 1. The highest BCUT2D eigenvalue weighted by Gasteiger charge is 2.33. The number of carbonyl (C=O) groups excluding carboxylic acids is 1. The van der Waals surface area contributed by atoms with Gasteiger partial charge in [0.25, 0.3) is 0 Å². The monoisotopic (exact) mass is 449 g/mol. The van der Waals surface area contributed by atoms with E-state index in [1.54, 1.807) is 14.2 Å². The molecule has 0 bridgehead atoms. The Bertz CT molecular complexity index is 692. The maximum absolute atomic E-state index is 12.3. The first-order chi connectivity index (χ1) is 15.2. The lowest BCUT2D eigenvalue weighted by molar-refractivity contribution is 0.0165. The average molecular weight is 450 g/mol. The number of hydrogen-bond acceptors (Lipinski definition) is 6. The summed E-state index contributed by atoms with van der Waals surface area (Å²) < 4.78 is 17.0. The van der Waals surface area contributed by atoms with Gasteiger partial charge in [-0.1, -0.05) is 13.0 Å². The van der Waals surface area contributed by atoms with Crippen LogP contribution < -0.4 is 5.32 Å². The molecular formula is C25H43N3O4. The normalized spacial score (nSPS) is 29.3. The molecule has 0 aromatic heterocycles. The molecule has 1 fully saturated rings. The van der Waals surface area contributed by atoms with Gasteiger partial charge in [-0.25, -0.2) is 4.79 Å². The van der Waals surface area contributed by atoms with Gasteiger partial charge in [-0.15, -0.1) is 0 Å². The highest BCUT2D eigenvalue weighted by Crippen LogP contribution is 2.31. The molecule has 2 aliphatic carbocycles. The number of methoxy groups -OCH3 is 2. The SMILES string of the molecule is COC1=CC(C)CC(OC)C1CNC1CC=C(N2CCN(C(=O)OC(C)(C)C)CC2)CC1. The number of nitrogens with zero attached hydrogens (tertiary/aromatic N) is 2. The van der Waals surface area contributed by atoms with Crippen molar-refractivity contribution >= 4 is 6.09 Å². The summed E-state index contributed by atoms with van der Waals surface area (Å²) in [6.45, 7) is 12.0. The van der Waals surface area contributed by atoms with Crippen LogP contribution in [0.5, 0.6) is 0 Å². The number of allylic oxidation sites excluding steroid dienone is 2. The van der Waals surface area contributed by atoms with Crippen LogP contribution >= 0.6 is 0 Å². The third-order valence-corrected chi connectivity index (χ3v) is 6.76. The standard InChI is InChI=1S/C25H43N3O4/c1-18-15-22(30-5)21(23(16-18)31-6)17-26-19-7-9-20(10-8-19)27-11-13-28(14-12-27)24(29)32-25(2,3)4/h9,15,18-19,21,23,26H,7-8,10-14,16-17H2,1-6H3. The number of piperazine rings is 1. The van der Waals surface area contributed by atoms with Crippen LogP contribution in [0.25, 0.3) is 0 Å². The van der Waals surface area contributed by atoms with Gasteiger partial charge in [-0.3, -0.25) is 0 Å². The first-order valence-corrected chi connectivity index (χ1v) is 12.1. The van der Waals surface area contributed by atoms with E-state index in [0.29, 0.717) is 12.0 Å². The highest BCUT2D eigenvalue weighted by molar-refractivity contribution is 5.68. The zero-order valence-corrected chi connectivity index (χ0v) is 20.9. The number of hydrogen-bond donors (Lipinski definition) is 1. The molecule has 182 valence electrons. The summed E-state index contributed by atoms with van der Waals surface area (Å²) >= 11 is 0. The summed E-state index contributed by atoms with van der Waals surface area (Å²) in [4.78, 5) is 16.6. The highest BCUT2D eigenvalue weighted by atomic mass is 16.6. The van der Waals surface area contributed by atoms with E-state index < -0.39 is 5.60 Å². The third kappa shape index (κ3) is 6.64. The first kappa shape index (κ1) is 24.9. The zero-order chi connectivity index (χ0) is 23.3. The van der Waals surface area contributed by atoms with E-state index >= 15 is 0 Å². The minimum Gasteiger partial charge on any atom is -0.501 e. The summed E-state index contributed by atoms with van der Waals surface area (Å²) in [5, 5.41) is 3.77. The van der Waals surface area contributed by atoms with Crippen LogP contribution in [-0.2, 0) is 14.2 Å². The molecule has 1 aliphatic heterocycles. The van der Waals surface area contributed by atoms with Crippen molar-refractivity contribution in [2.24, 2.45) is 11.8 Å². The molecule has 0 saturated carbocycles. The van der Waals surface area contributed by atoms with Crippen LogP contribution in [-0.4, -0.2) is 80.6 Å². The topological polar surface area (TPSA) is 63.3 Å². The first-order valence-electron chi connectivity index (χ1n) is 12.1. The molecule has 4 atom stereocenters. The molecule has 32 heavy (non-hydrogen) atoms. The molecule has 4 unspecified atom stereocenters. The van der Waals surface area contributed by atoms with Gasteiger partial charge in [0.1, 0.15) is 5.60 Å². The maximum Gasteiger partial charge on any atom is 0.410 e. The Morgan fingerprint density at radius 1 is 1.19 bits per heavy atom. The largest absolute Gasteiger partial charge is 0.501 e. The quantitative estimate of drug-likeness (QED) is 0.666. The van der Waals surface area contributed by atoms with Crippen LogP contribution in [0.1, 0.15) is 53.4 Å². The number of nitrogens with one attached hydrogen (secondary N) is 1. The molecule has 0 radical (unpaired) electrons. The maximum atomic E-state index is 12.3. The van der Waals surface area contributed by atoms with Gasteiger partial charge in [0.05, 0.1) is 24.9 Å². The number of ether oxygens (including phenoxy) is 3. The lowest BCUT2D eigenvalue weighted by atomic mass is 9.84. The molecule has 1 heterocycles. The van der Waals surface area contributed by atoms with E-state index in [2.05, 4.69) is 29.3 Å². The fourth-order valence-electron chi connectivity index (χ4n) is 4.99. The Labute approximate surface area is 194 Å². The van der Waals surface area contributed by atoms with Crippen LogP contribution in [0.3, 0.4) is 0 Å². The molecule has 7 heteroatoms. The van der Waals surface area contributed by atoms with E-state index in [1.165, 1.54) is 5.70 Å². The van der Waals surface area contributed by atoms with E-state index in [9.17, 15) is 4.79 Å². The summed E-state index contributed by atoms with van der Waals surface area (Å²) in [7, 11) is 3.57. The van der Waals surface area contributed by atoms with Crippen LogP contribution in [0, 0.1) is 11.8 Å². The lowest BCUT2D eigenvalue weighted by Gasteiger charge is -2.39. The molecule has 7 nitrogen and oxygen atoms in total. The van der Waals surface area contributed by atoms with E-state index in [-0.39, 0.29) is 18.1 Å². The van der Waals surface area contributed by atoms with Crippen LogP contribution in [0.2, 0.25) is 0 Å². The Balaban J connectivity index is 1.45. The number of rotatable bonds is 6. The summed E-state index contributed by atoms with van der Waals surface area (Å²) in [6, 6.07) is 0.483. The summed E-state index contributed by atoms with van der Waals surface area (Å²) in [5.74, 6) is 1.81. The van der Waals surface area contributed by atoms with Crippen LogP contribution in [0.15, 0.2) is 23.6 Å². The second-order valence-corrected chi connectivity index (χ2v) is 10.4. The van der Waals surface area contributed by atoms with E-state index in [0.717, 1.165) is 64.2 Å². The fourth-order valence-corrected chi connectivity index (χ4v) is 4.99. The Kier molecular flexibility index (Phi) is 8.50. The average Bonchev–Trinajstić information content (AvgIpc) is 2.77. The second-order valence-electron chi connectivity index (χ2n) is 10.4. The third-order valence-electron chi connectivity index (χ3n) is 6.76. The van der Waals surface area contributed by atoms with Gasteiger partial charge in [0.15, 0.2) is 0 Å². The van der Waals surface area contributed by atoms with Gasteiger partial charge in [0.2, 0.25) is 0 Å². The zero-order valence-electron chi connectivity index (χ0n) is 20.9. The Morgan fingerprint density at radius 3 is 2.47 bits per heavy atom. The van der Waals surface area contributed by atoms with Gasteiger partial charge in [0, 0.05) is 51.6 Å². The fraction of sp³-hybridized carbons (Fsp3) is 0.800. The molecule has 1 amide bonds. The van der Waals surface area contributed by atoms with Crippen molar-refractivity contribution in [3.8, 4) is 0 Å². The minimum absolute atomic E-state index is 0.199. The van der Waals surface area contributed by atoms with Gasteiger partial charge in [-0.05, 0) is 58.4 Å². The number of carbonyl (C=O) groups is 1. The Morgan fingerprint density at radius 2 is 1.91 bits per heavy atom. The van der Waals surface area contributed by atoms with Crippen molar-refractivity contribution in [2.45, 2.75) is 71.1 Å². The minimum atomic E-state index is -0.443. The van der Waals surface area contributed by atoms with Gasteiger partial charge in [-0.2, -0.15) is 0 Å². The molecule has 1 saturated heterocycles. The van der Waals surface area contributed by atoms with Crippen molar-refractivity contribution in [2.75, 3.05) is 46.9 Å². The Hall–Kier alpha value is -1.73. The van der Waals surface area contributed by atoms with E-state index in [4.69, 9.17) is 14.2 Å². The van der Waals surface area contributed by atoms with Crippen molar-refractivity contribution in [3.63, 3.8) is 0 Å². The smallest absolute Gasteiger partial charge is 0.410 e. The summed E-state index contributed by atoms with van der Waals surface area (Å²) in [5.41, 5.74) is 0.979. The molecule has 0 aromatic rings. The van der Waals surface area contributed by atoms with Gasteiger partial charge < -0.3 is 29.3 Å². The molecule has 0 spiro atoms. The molecule has 3 aliphatic rings. The molecule has 0 aromatic carbocycles. The van der Waals surface area contributed by atoms with Crippen molar-refractivity contribution in [1.82, 2.24) is 15.1 Å². The van der Waals surface area contributed by atoms with E-state index in [1.807, 2.05) is 25.7 Å². The van der Waals surface area contributed by atoms with Crippen molar-refractivity contribution in [1.29, 1.82) is 0 Å². The van der Waals surface area contributed by atoms with Crippen molar-refractivity contribution < 1.29 is 19.0 Å². The predicted molar refractivity (Wildman–Crippen MR) is 126 cm³/mol. The second kappa shape index (κ2) is 10.9. The predicted octanol–water partition coefficient (Wildman–Crippen LogP) is 3.77. The van der Waals surface area contributed by atoms with Crippen LogP contribution in [0.4, 0.5) is 4.79 Å². The van der Waals surface area contributed by atoms with Gasteiger partial charge >= 0.3 is 6.09 Å². The molecule has 3 rings (SSSR count). The lowest BCUT2D eigenvalue weighted by Crippen LogP contribution is -2.50. The molecule has 1 N–H and O–H groups in total. The summed E-state index contributed by atoms with van der Waals surface area (Å²) in [6.07, 6.45) is 8.92. The van der Waals surface area contributed by atoms with Crippen molar-refractivity contribution in [3.05, 3.63) is 23.6 Å².